The first-order valence-corrected chi connectivity index (χ1v) is 6.81. The van der Waals surface area contributed by atoms with E-state index >= 15 is 0 Å². The van der Waals surface area contributed by atoms with Gasteiger partial charge in [-0.2, -0.15) is 0 Å². The molecule has 0 fully saturated rings. The molecule has 1 N–H and O–H groups in total. The van der Waals surface area contributed by atoms with Crippen LogP contribution in [-0.4, -0.2) is 18.6 Å². The summed E-state index contributed by atoms with van der Waals surface area (Å²) in [4.78, 5) is 13.8. The molecule has 1 aromatic heterocycles. The van der Waals surface area contributed by atoms with Crippen LogP contribution >= 0.6 is 23.1 Å². The van der Waals surface area contributed by atoms with Crippen molar-refractivity contribution in [1.82, 2.24) is 5.32 Å². The minimum absolute atomic E-state index is 0.0819. The monoisotopic (exact) mass is 241 g/mol. The summed E-state index contributed by atoms with van der Waals surface area (Å²) in [6.07, 6.45) is 3.63. The Balaban J connectivity index is 2.76. The van der Waals surface area contributed by atoms with Gasteiger partial charge in [0.2, 0.25) is 0 Å². The summed E-state index contributed by atoms with van der Waals surface area (Å²) in [5, 5.41) is 4.07. The standard InChI is InChI=1S/C11H15NOS2/c1-4-12-11(14-3)7-9(13)10-6-5-8(2)15-10/h5-7,12H,4H2,1-3H3. The molecule has 1 rings (SSSR count). The maximum absolute atomic E-state index is 11.8. The molecule has 0 saturated carbocycles. The van der Waals surface area contributed by atoms with Crippen LogP contribution in [0, 0.1) is 6.92 Å². The van der Waals surface area contributed by atoms with Crippen LogP contribution in [-0.2, 0) is 0 Å². The van der Waals surface area contributed by atoms with Crippen LogP contribution in [0.5, 0.6) is 0 Å². The van der Waals surface area contributed by atoms with Gasteiger partial charge in [-0.1, -0.05) is 0 Å². The Morgan fingerprint density at radius 3 is 2.80 bits per heavy atom. The highest BCUT2D eigenvalue weighted by atomic mass is 32.2. The molecule has 1 heterocycles. The molecule has 2 nitrogen and oxygen atoms in total. The van der Waals surface area contributed by atoms with E-state index < -0.39 is 0 Å². The maximum atomic E-state index is 11.8. The van der Waals surface area contributed by atoms with Crippen molar-refractivity contribution in [3.05, 3.63) is 33.0 Å². The van der Waals surface area contributed by atoms with E-state index in [0.717, 1.165) is 16.5 Å². The normalized spacial score (nSPS) is 11.5. The largest absolute Gasteiger partial charge is 0.380 e. The number of carbonyl (C=O) groups excluding carboxylic acids is 1. The van der Waals surface area contributed by atoms with E-state index in [0.29, 0.717) is 0 Å². The van der Waals surface area contributed by atoms with Gasteiger partial charge in [0.25, 0.3) is 0 Å². The summed E-state index contributed by atoms with van der Waals surface area (Å²) in [5.74, 6) is 0.0819. The number of ketones is 1. The van der Waals surface area contributed by atoms with Crippen LogP contribution in [0.2, 0.25) is 0 Å². The predicted octanol–water partition coefficient (Wildman–Crippen LogP) is 3.05. The Morgan fingerprint density at radius 2 is 2.33 bits per heavy atom. The third kappa shape index (κ3) is 3.72. The van der Waals surface area contributed by atoms with Gasteiger partial charge in [-0.25, -0.2) is 0 Å². The van der Waals surface area contributed by atoms with E-state index in [-0.39, 0.29) is 5.78 Å². The fourth-order valence-corrected chi connectivity index (χ4v) is 2.41. The Bertz CT molecular complexity index is 368. The summed E-state index contributed by atoms with van der Waals surface area (Å²) in [5.41, 5.74) is 0. The third-order valence-electron chi connectivity index (χ3n) is 1.82. The minimum atomic E-state index is 0.0819. The molecule has 0 aliphatic rings. The highest BCUT2D eigenvalue weighted by Crippen LogP contribution is 2.17. The first-order chi connectivity index (χ1) is 7.17. The van der Waals surface area contributed by atoms with Gasteiger partial charge >= 0.3 is 0 Å². The Labute approximate surface area is 98.8 Å². The number of hydrogen-bond acceptors (Lipinski definition) is 4. The van der Waals surface area contributed by atoms with Gasteiger partial charge in [0.15, 0.2) is 5.78 Å². The van der Waals surface area contributed by atoms with Gasteiger partial charge in [0.1, 0.15) is 0 Å². The lowest BCUT2D eigenvalue weighted by Crippen LogP contribution is -2.10. The molecule has 82 valence electrons. The van der Waals surface area contributed by atoms with Crippen molar-refractivity contribution in [2.24, 2.45) is 0 Å². The lowest BCUT2D eigenvalue weighted by atomic mass is 10.3. The molecular formula is C11H15NOS2. The van der Waals surface area contributed by atoms with Gasteiger partial charge in [-0.3, -0.25) is 4.79 Å². The van der Waals surface area contributed by atoms with Crippen molar-refractivity contribution < 1.29 is 4.79 Å². The number of hydrogen-bond donors (Lipinski definition) is 1. The first kappa shape index (κ1) is 12.3. The molecule has 0 aliphatic carbocycles. The van der Waals surface area contributed by atoms with Crippen LogP contribution in [0.3, 0.4) is 0 Å². The Morgan fingerprint density at radius 1 is 1.60 bits per heavy atom. The highest BCUT2D eigenvalue weighted by molar-refractivity contribution is 8.02. The van der Waals surface area contributed by atoms with Crippen molar-refractivity contribution in [2.45, 2.75) is 13.8 Å². The maximum Gasteiger partial charge on any atom is 0.198 e. The summed E-state index contributed by atoms with van der Waals surface area (Å²) in [6, 6.07) is 3.85. The smallest absolute Gasteiger partial charge is 0.198 e. The highest BCUT2D eigenvalue weighted by Gasteiger charge is 2.06. The van der Waals surface area contributed by atoms with E-state index in [1.807, 2.05) is 32.2 Å². The number of aryl methyl sites for hydroxylation is 1. The quantitative estimate of drug-likeness (QED) is 0.634. The summed E-state index contributed by atoms with van der Waals surface area (Å²) >= 11 is 3.09. The van der Waals surface area contributed by atoms with Crippen LogP contribution in [0.1, 0.15) is 21.5 Å². The van der Waals surface area contributed by atoms with Gasteiger partial charge in [-0.15, -0.1) is 23.1 Å². The molecule has 0 aromatic carbocycles. The molecule has 0 aliphatic heterocycles. The fourth-order valence-electron chi connectivity index (χ4n) is 1.11. The van der Waals surface area contributed by atoms with Gasteiger partial charge in [0, 0.05) is 17.5 Å². The van der Waals surface area contributed by atoms with Crippen LogP contribution < -0.4 is 5.32 Å². The third-order valence-corrected chi connectivity index (χ3v) is 3.53. The van der Waals surface area contributed by atoms with Crippen molar-refractivity contribution in [2.75, 3.05) is 12.8 Å². The Kier molecular flexibility index (Phi) is 4.91. The average Bonchev–Trinajstić information content (AvgIpc) is 2.64. The zero-order chi connectivity index (χ0) is 11.3. The summed E-state index contributed by atoms with van der Waals surface area (Å²) in [6.45, 7) is 4.86. The lowest BCUT2D eigenvalue weighted by molar-refractivity contribution is 0.105. The van der Waals surface area contributed by atoms with Crippen LogP contribution in [0.4, 0.5) is 0 Å². The molecule has 1 aromatic rings. The van der Waals surface area contributed by atoms with E-state index in [4.69, 9.17) is 0 Å². The number of rotatable bonds is 5. The van der Waals surface area contributed by atoms with Crippen LogP contribution in [0.15, 0.2) is 23.2 Å². The number of carbonyl (C=O) groups is 1. The van der Waals surface area contributed by atoms with E-state index in [2.05, 4.69) is 5.32 Å². The predicted molar refractivity (Wildman–Crippen MR) is 68.7 cm³/mol. The van der Waals surface area contributed by atoms with Crippen LogP contribution in [0.25, 0.3) is 0 Å². The van der Waals surface area contributed by atoms with Crippen molar-refractivity contribution in [3.63, 3.8) is 0 Å². The summed E-state index contributed by atoms with van der Waals surface area (Å²) < 4.78 is 0. The average molecular weight is 241 g/mol. The fraction of sp³-hybridized carbons (Fsp3) is 0.364. The molecule has 15 heavy (non-hydrogen) atoms. The molecule has 0 radical (unpaired) electrons. The zero-order valence-corrected chi connectivity index (χ0v) is 10.8. The summed E-state index contributed by atoms with van der Waals surface area (Å²) in [7, 11) is 0. The van der Waals surface area contributed by atoms with E-state index in [9.17, 15) is 4.79 Å². The van der Waals surface area contributed by atoms with Gasteiger partial charge in [0.05, 0.1) is 9.91 Å². The second kappa shape index (κ2) is 5.98. The minimum Gasteiger partial charge on any atom is -0.380 e. The number of thioether (sulfide) groups is 1. The second-order valence-electron chi connectivity index (χ2n) is 3.02. The molecular weight excluding hydrogens is 226 g/mol. The van der Waals surface area contributed by atoms with E-state index in [1.54, 1.807) is 17.8 Å². The molecule has 0 saturated heterocycles. The number of allylic oxidation sites excluding steroid dienone is 1. The Hall–Kier alpha value is -0.740. The zero-order valence-electron chi connectivity index (χ0n) is 9.16. The SMILES string of the molecule is CCNC(=CC(=O)c1ccc(C)s1)SC. The lowest BCUT2D eigenvalue weighted by Gasteiger charge is -2.03. The van der Waals surface area contributed by atoms with Crippen molar-refractivity contribution in [1.29, 1.82) is 0 Å². The molecule has 4 heteroatoms. The van der Waals surface area contributed by atoms with Gasteiger partial charge in [-0.05, 0) is 32.2 Å². The van der Waals surface area contributed by atoms with Crippen molar-refractivity contribution >= 4 is 28.9 Å². The topological polar surface area (TPSA) is 29.1 Å². The first-order valence-electron chi connectivity index (χ1n) is 4.77. The second-order valence-corrected chi connectivity index (χ2v) is 5.15. The van der Waals surface area contributed by atoms with Gasteiger partial charge < -0.3 is 5.32 Å². The molecule has 0 amide bonds. The number of thiophene rings is 1. The van der Waals surface area contributed by atoms with E-state index in [1.165, 1.54) is 16.2 Å². The molecule has 0 spiro atoms. The molecule has 0 atom stereocenters. The molecule has 0 unspecified atom stereocenters. The van der Waals surface area contributed by atoms with Crippen molar-refractivity contribution in [3.8, 4) is 0 Å². The molecule has 0 bridgehead atoms. The number of nitrogens with one attached hydrogen (secondary N) is 1.